The maximum Gasteiger partial charge on any atom is 0.254 e. The Labute approximate surface area is 177 Å². The van der Waals surface area contributed by atoms with Gasteiger partial charge in [-0.1, -0.05) is 42.2 Å². The van der Waals surface area contributed by atoms with Crippen LogP contribution < -0.4 is 5.32 Å². The fourth-order valence-corrected chi connectivity index (χ4v) is 3.88. The van der Waals surface area contributed by atoms with Crippen LogP contribution >= 0.6 is 0 Å². The van der Waals surface area contributed by atoms with Crippen LogP contribution in [-0.4, -0.2) is 42.0 Å². The predicted molar refractivity (Wildman–Crippen MR) is 116 cm³/mol. The summed E-state index contributed by atoms with van der Waals surface area (Å²) in [6, 6.07) is 19.5. The maximum atomic E-state index is 13.3. The van der Waals surface area contributed by atoms with E-state index in [1.54, 1.807) is 12.1 Å². The Morgan fingerprint density at radius 3 is 2.60 bits per heavy atom. The quantitative estimate of drug-likeness (QED) is 0.811. The van der Waals surface area contributed by atoms with Gasteiger partial charge in [0.25, 0.3) is 5.91 Å². The maximum absolute atomic E-state index is 13.3. The van der Waals surface area contributed by atoms with E-state index in [9.17, 15) is 4.79 Å². The zero-order valence-corrected chi connectivity index (χ0v) is 17.1. The Morgan fingerprint density at radius 1 is 1.10 bits per heavy atom. The molecule has 5 nitrogen and oxygen atoms in total. The summed E-state index contributed by atoms with van der Waals surface area (Å²) in [4.78, 5) is 17.3. The highest BCUT2D eigenvalue weighted by atomic mass is 16.2. The van der Waals surface area contributed by atoms with Crippen molar-refractivity contribution in [1.82, 2.24) is 15.1 Å². The van der Waals surface area contributed by atoms with Gasteiger partial charge in [-0.15, -0.1) is 0 Å². The second-order valence-corrected chi connectivity index (χ2v) is 7.61. The first-order valence-electron chi connectivity index (χ1n) is 10.2. The van der Waals surface area contributed by atoms with Gasteiger partial charge >= 0.3 is 0 Å². The zero-order valence-electron chi connectivity index (χ0n) is 17.1. The molecular weight excluding hydrogens is 372 g/mol. The first-order valence-corrected chi connectivity index (χ1v) is 10.2. The van der Waals surface area contributed by atoms with Gasteiger partial charge in [0.1, 0.15) is 0 Å². The topological polar surface area (TPSA) is 59.4 Å². The van der Waals surface area contributed by atoms with Gasteiger partial charge in [0.2, 0.25) is 0 Å². The predicted octanol–water partition coefficient (Wildman–Crippen LogP) is 3.02. The minimum atomic E-state index is -0.0694. The van der Waals surface area contributed by atoms with Gasteiger partial charge in [0, 0.05) is 30.8 Å². The van der Waals surface area contributed by atoms with E-state index in [1.165, 1.54) is 0 Å². The smallest absolute Gasteiger partial charge is 0.254 e. The third kappa shape index (κ3) is 4.22. The number of rotatable bonds is 3. The van der Waals surface area contributed by atoms with E-state index in [0.717, 1.165) is 35.4 Å². The first-order chi connectivity index (χ1) is 14.7. The molecule has 0 radical (unpaired) electrons. The molecule has 0 bridgehead atoms. The molecule has 0 aromatic heterocycles. The highest BCUT2D eigenvalue weighted by Crippen LogP contribution is 2.28. The molecule has 5 heteroatoms. The largest absolute Gasteiger partial charge is 0.371 e. The van der Waals surface area contributed by atoms with Crippen LogP contribution in [0.3, 0.4) is 0 Å². The molecule has 0 saturated carbocycles. The first kappa shape index (κ1) is 19.8. The van der Waals surface area contributed by atoms with Crippen molar-refractivity contribution < 1.29 is 4.79 Å². The minimum absolute atomic E-state index is 0.0694. The van der Waals surface area contributed by atoms with Crippen LogP contribution in [-0.2, 0) is 4.79 Å². The molecule has 0 fully saturated rings. The van der Waals surface area contributed by atoms with Crippen molar-refractivity contribution in [3.05, 3.63) is 82.6 Å². The van der Waals surface area contributed by atoms with Gasteiger partial charge in [-0.3, -0.25) is 9.69 Å². The SMILES string of the molecule is CC(c1ccc(C#N)cc1)N1CNC2=C(CN(CC#Cc3ccccc3)CC2)C1=O. The monoisotopic (exact) mass is 396 g/mol. The summed E-state index contributed by atoms with van der Waals surface area (Å²) in [5.74, 6) is 6.51. The Kier molecular flexibility index (Phi) is 5.84. The summed E-state index contributed by atoms with van der Waals surface area (Å²) >= 11 is 0. The summed E-state index contributed by atoms with van der Waals surface area (Å²) in [7, 11) is 0. The zero-order chi connectivity index (χ0) is 20.9. The van der Waals surface area contributed by atoms with Crippen molar-refractivity contribution >= 4 is 5.91 Å². The molecule has 1 atom stereocenters. The number of benzene rings is 2. The standard InChI is InChI=1S/C25H24N4O/c1-19(22-11-9-21(16-26)10-12-22)29-18-27-24-13-15-28(17-23(24)25(29)30)14-5-8-20-6-3-2-4-7-20/h2-4,6-7,9-12,19,27H,13-15,17-18H2,1H3. The summed E-state index contributed by atoms with van der Waals surface area (Å²) in [5, 5.41) is 12.4. The van der Waals surface area contributed by atoms with Gasteiger partial charge in [-0.25, -0.2) is 0 Å². The van der Waals surface area contributed by atoms with Crippen LogP contribution in [0.4, 0.5) is 0 Å². The van der Waals surface area contributed by atoms with Gasteiger partial charge in [0.15, 0.2) is 0 Å². The highest BCUT2D eigenvalue weighted by molar-refractivity contribution is 5.95. The number of hydrogen-bond donors (Lipinski definition) is 1. The fraction of sp³-hybridized carbons (Fsp3) is 0.280. The fourth-order valence-electron chi connectivity index (χ4n) is 3.88. The normalized spacial score (nSPS) is 17.3. The van der Waals surface area contributed by atoms with E-state index in [1.807, 2.05) is 54.3 Å². The van der Waals surface area contributed by atoms with E-state index in [-0.39, 0.29) is 11.9 Å². The lowest BCUT2D eigenvalue weighted by Crippen LogP contribution is -2.50. The van der Waals surface area contributed by atoms with Gasteiger partial charge in [-0.05, 0) is 36.8 Å². The summed E-state index contributed by atoms with van der Waals surface area (Å²) in [6.45, 7) is 4.68. The number of nitrogens with zero attached hydrogens (tertiary/aromatic N) is 3. The Morgan fingerprint density at radius 2 is 1.87 bits per heavy atom. The van der Waals surface area contributed by atoms with Crippen LogP contribution in [0.2, 0.25) is 0 Å². The average molecular weight is 396 g/mol. The molecule has 0 spiro atoms. The number of carbonyl (C=O) groups excluding carboxylic acids is 1. The summed E-state index contributed by atoms with van der Waals surface area (Å²) < 4.78 is 0. The van der Waals surface area contributed by atoms with Crippen LogP contribution in [0, 0.1) is 23.2 Å². The lowest BCUT2D eigenvalue weighted by Gasteiger charge is -2.39. The molecule has 150 valence electrons. The second-order valence-electron chi connectivity index (χ2n) is 7.61. The Bertz CT molecular complexity index is 1050. The third-order valence-electron chi connectivity index (χ3n) is 5.70. The van der Waals surface area contributed by atoms with Crippen molar-refractivity contribution in [2.24, 2.45) is 0 Å². The molecule has 30 heavy (non-hydrogen) atoms. The lowest BCUT2D eigenvalue weighted by atomic mass is 9.99. The number of carbonyl (C=O) groups is 1. The number of nitriles is 1. The molecule has 2 aromatic rings. The van der Waals surface area contributed by atoms with Gasteiger partial charge < -0.3 is 10.2 Å². The molecule has 1 N–H and O–H groups in total. The molecule has 1 amide bonds. The summed E-state index contributed by atoms with van der Waals surface area (Å²) in [5.41, 5.74) is 4.56. The van der Waals surface area contributed by atoms with Gasteiger partial charge in [0.05, 0.1) is 36.5 Å². The summed E-state index contributed by atoms with van der Waals surface area (Å²) in [6.07, 6.45) is 0.840. The lowest BCUT2D eigenvalue weighted by molar-refractivity contribution is -0.131. The highest BCUT2D eigenvalue weighted by Gasteiger charge is 2.33. The molecule has 2 aromatic carbocycles. The molecule has 0 aliphatic carbocycles. The van der Waals surface area contributed by atoms with E-state index in [0.29, 0.717) is 25.3 Å². The van der Waals surface area contributed by atoms with Crippen molar-refractivity contribution in [1.29, 1.82) is 5.26 Å². The van der Waals surface area contributed by atoms with Crippen molar-refractivity contribution in [2.45, 2.75) is 19.4 Å². The molecule has 2 heterocycles. The molecule has 0 saturated heterocycles. The van der Waals surface area contributed by atoms with Crippen LogP contribution in [0.25, 0.3) is 0 Å². The van der Waals surface area contributed by atoms with Gasteiger partial charge in [-0.2, -0.15) is 5.26 Å². The van der Waals surface area contributed by atoms with E-state index < -0.39 is 0 Å². The van der Waals surface area contributed by atoms with Crippen LogP contribution in [0.5, 0.6) is 0 Å². The number of hydrogen-bond acceptors (Lipinski definition) is 4. The van der Waals surface area contributed by atoms with Crippen molar-refractivity contribution in [3.63, 3.8) is 0 Å². The average Bonchev–Trinajstić information content (AvgIpc) is 2.80. The van der Waals surface area contributed by atoms with Crippen LogP contribution in [0.1, 0.15) is 36.1 Å². The van der Waals surface area contributed by atoms with Crippen LogP contribution in [0.15, 0.2) is 65.9 Å². The molecular formula is C25H24N4O. The second kappa shape index (κ2) is 8.86. The molecule has 1 unspecified atom stereocenters. The van der Waals surface area contributed by atoms with E-state index in [2.05, 4.69) is 28.1 Å². The molecule has 2 aliphatic rings. The van der Waals surface area contributed by atoms with E-state index in [4.69, 9.17) is 5.26 Å². The van der Waals surface area contributed by atoms with E-state index >= 15 is 0 Å². The molecule has 4 rings (SSSR count). The number of amides is 1. The Balaban J connectivity index is 1.43. The third-order valence-corrected chi connectivity index (χ3v) is 5.70. The molecule has 2 aliphatic heterocycles. The number of nitrogens with one attached hydrogen (secondary N) is 1. The Hall–Kier alpha value is -3.54. The minimum Gasteiger partial charge on any atom is -0.371 e. The van der Waals surface area contributed by atoms with Crippen molar-refractivity contribution in [2.75, 3.05) is 26.3 Å². The van der Waals surface area contributed by atoms with Crippen molar-refractivity contribution in [3.8, 4) is 17.9 Å².